The lowest BCUT2D eigenvalue weighted by Crippen LogP contribution is -2.48. The molecule has 0 unspecified atom stereocenters. The molecule has 0 radical (unpaired) electrons. The summed E-state index contributed by atoms with van der Waals surface area (Å²) in [6.45, 7) is 3.55. The van der Waals surface area contributed by atoms with Crippen LogP contribution in [0.25, 0.3) is 10.9 Å². The van der Waals surface area contributed by atoms with Gasteiger partial charge in [0.25, 0.3) is 5.69 Å². The summed E-state index contributed by atoms with van der Waals surface area (Å²) in [7, 11) is -3.53. The molecule has 1 aliphatic heterocycles. The van der Waals surface area contributed by atoms with Crippen LogP contribution in [-0.2, 0) is 10.0 Å². The number of nitro groups is 1. The molecule has 29 heavy (non-hydrogen) atoms. The molecule has 150 valence electrons. The number of fused-ring (bicyclic) bond motifs is 1. The van der Waals surface area contributed by atoms with Crippen LogP contribution >= 0.6 is 0 Å². The number of nitro benzene ring substituents is 1. The van der Waals surface area contributed by atoms with E-state index < -0.39 is 14.9 Å². The molecule has 1 aliphatic rings. The highest BCUT2D eigenvalue weighted by atomic mass is 32.2. The predicted molar refractivity (Wildman–Crippen MR) is 111 cm³/mol. The van der Waals surface area contributed by atoms with Crippen LogP contribution in [-0.4, -0.2) is 48.8 Å². The second kappa shape index (κ2) is 7.41. The van der Waals surface area contributed by atoms with E-state index in [0.717, 1.165) is 11.4 Å². The van der Waals surface area contributed by atoms with Gasteiger partial charge in [0.05, 0.1) is 15.3 Å². The normalized spacial score (nSPS) is 15.6. The second-order valence-corrected chi connectivity index (χ2v) is 8.88. The third-order valence-corrected chi connectivity index (χ3v) is 6.98. The van der Waals surface area contributed by atoms with E-state index >= 15 is 0 Å². The Morgan fingerprint density at radius 2 is 1.69 bits per heavy atom. The molecule has 8 nitrogen and oxygen atoms in total. The SMILES string of the molecule is Cc1cc(N2CCN(S(=O)(=O)c3ccccc3)CC2)c2cc([N+](=O)[O-])ccc2n1. The summed E-state index contributed by atoms with van der Waals surface area (Å²) in [6.07, 6.45) is 0. The van der Waals surface area contributed by atoms with Crippen molar-refractivity contribution in [3.63, 3.8) is 0 Å². The third kappa shape index (κ3) is 3.66. The Morgan fingerprint density at radius 3 is 2.34 bits per heavy atom. The molecule has 0 amide bonds. The van der Waals surface area contributed by atoms with Gasteiger partial charge in [0.15, 0.2) is 0 Å². The average molecular weight is 412 g/mol. The van der Waals surface area contributed by atoms with Gasteiger partial charge in [0.2, 0.25) is 10.0 Å². The van der Waals surface area contributed by atoms with Crippen LogP contribution in [0.4, 0.5) is 11.4 Å². The van der Waals surface area contributed by atoms with Crippen molar-refractivity contribution in [1.82, 2.24) is 9.29 Å². The highest BCUT2D eigenvalue weighted by molar-refractivity contribution is 7.89. The topological polar surface area (TPSA) is 96.7 Å². The van der Waals surface area contributed by atoms with E-state index in [4.69, 9.17) is 0 Å². The predicted octanol–water partition coefficient (Wildman–Crippen LogP) is 2.96. The molecule has 9 heteroatoms. The van der Waals surface area contributed by atoms with Gasteiger partial charge in [0.1, 0.15) is 0 Å². The zero-order chi connectivity index (χ0) is 20.6. The maximum atomic E-state index is 12.8. The van der Waals surface area contributed by atoms with Crippen molar-refractivity contribution in [1.29, 1.82) is 0 Å². The Morgan fingerprint density at radius 1 is 1.00 bits per heavy atom. The first-order valence-electron chi connectivity index (χ1n) is 9.22. The van der Waals surface area contributed by atoms with Gasteiger partial charge in [-0.15, -0.1) is 0 Å². The number of aromatic nitrogens is 1. The highest BCUT2D eigenvalue weighted by Crippen LogP contribution is 2.31. The van der Waals surface area contributed by atoms with Crippen LogP contribution in [0.15, 0.2) is 59.5 Å². The number of sulfonamides is 1. The molecule has 2 aromatic carbocycles. The lowest BCUT2D eigenvalue weighted by molar-refractivity contribution is -0.384. The minimum absolute atomic E-state index is 0.00898. The number of piperazine rings is 1. The molecular weight excluding hydrogens is 392 g/mol. The van der Waals surface area contributed by atoms with Crippen molar-refractivity contribution in [2.24, 2.45) is 0 Å². The number of non-ortho nitro benzene ring substituents is 1. The van der Waals surface area contributed by atoms with Crippen molar-refractivity contribution in [2.45, 2.75) is 11.8 Å². The first-order valence-corrected chi connectivity index (χ1v) is 10.7. The third-order valence-electron chi connectivity index (χ3n) is 5.07. The van der Waals surface area contributed by atoms with Crippen LogP contribution in [0.1, 0.15) is 5.69 Å². The van der Waals surface area contributed by atoms with E-state index in [1.807, 2.05) is 13.0 Å². The number of nitrogens with zero attached hydrogens (tertiary/aromatic N) is 4. The van der Waals surface area contributed by atoms with E-state index in [1.165, 1.54) is 16.4 Å². The van der Waals surface area contributed by atoms with Gasteiger partial charge >= 0.3 is 0 Å². The number of aryl methyl sites for hydroxylation is 1. The first-order chi connectivity index (χ1) is 13.9. The molecule has 2 heterocycles. The monoisotopic (exact) mass is 412 g/mol. The van der Waals surface area contributed by atoms with Gasteiger partial charge in [-0.3, -0.25) is 15.1 Å². The van der Waals surface area contributed by atoms with Crippen molar-refractivity contribution in [2.75, 3.05) is 31.1 Å². The first kappa shape index (κ1) is 19.3. The lowest BCUT2D eigenvalue weighted by atomic mass is 10.1. The quantitative estimate of drug-likeness (QED) is 0.483. The zero-order valence-electron chi connectivity index (χ0n) is 15.9. The van der Waals surface area contributed by atoms with Gasteiger partial charge in [0, 0.05) is 55.1 Å². The summed E-state index contributed by atoms with van der Waals surface area (Å²) in [5.74, 6) is 0. The number of hydrogen-bond acceptors (Lipinski definition) is 6. The second-order valence-electron chi connectivity index (χ2n) is 6.95. The maximum absolute atomic E-state index is 12.8. The van der Waals surface area contributed by atoms with Crippen LogP contribution in [0, 0.1) is 17.0 Å². The van der Waals surface area contributed by atoms with E-state index in [2.05, 4.69) is 9.88 Å². The Bertz CT molecular complexity index is 1170. The van der Waals surface area contributed by atoms with Crippen LogP contribution < -0.4 is 4.90 Å². The molecule has 0 bridgehead atoms. The number of benzene rings is 2. The molecule has 1 fully saturated rings. The zero-order valence-corrected chi connectivity index (χ0v) is 16.7. The summed E-state index contributed by atoms with van der Waals surface area (Å²) in [5.41, 5.74) is 2.34. The lowest BCUT2D eigenvalue weighted by Gasteiger charge is -2.36. The minimum atomic E-state index is -3.53. The van der Waals surface area contributed by atoms with Gasteiger partial charge in [-0.25, -0.2) is 8.42 Å². The minimum Gasteiger partial charge on any atom is -0.368 e. The molecule has 3 aromatic rings. The fourth-order valence-electron chi connectivity index (χ4n) is 3.61. The van der Waals surface area contributed by atoms with Crippen LogP contribution in [0.3, 0.4) is 0 Å². The summed E-state index contributed by atoms with van der Waals surface area (Å²) in [6, 6.07) is 14.9. The number of anilines is 1. The molecule has 1 saturated heterocycles. The number of pyridine rings is 1. The Hall–Kier alpha value is -3.04. The van der Waals surface area contributed by atoms with Gasteiger partial charge < -0.3 is 4.90 Å². The Labute approximate surface area is 168 Å². The van der Waals surface area contributed by atoms with E-state index in [9.17, 15) is 18.5 Å². The summed E-state index contributed by atoms with van der Waals surface area (Å²) < 4.78 is 27.2. The molecular formula is C20H20N4O4S. The summed E-state index contributed by atoms with van der Waals surface area (Å²) in [4.78, 5) is 17.6. The standard InChI is InChI=1S/C20H20N4O4S/c1-15-13-20(18-14-16(24(25)26)7-8-19(18)21-15)22-9-11-23(12-10-22)29(27,28)17-5-3-2-4-6-17/h2-8,13-14H,9-12H2,1H3. The summed E-state index contributed by atoms with van der Waals surface area (Å²) >= 11 is 0. The molecule has 1 aromatic heterocycles. The van der Waals surface area contributed by atoms with Crippen molar-refractivity contribution >= 4 is 32.3 Å². The van der Waals surface area contributed by atoms with Crippen molar-refractivity contribution in [3.05, 3.63) is 70.4 Å². The fraction of sp³-hybridized carbons (Fsp3) is 0.250. The molecule has 0 saturated carbocycles. The van der Waals surface area contributed by atoms with Crippen LogP contribution in [0.2, 0.25) is 0 Å². The molecule has 0 atom stereocenters. The Kier molecular flexibility index (Phi) is 4.93. The smallest absolute Gasteiger partial charge is 0.270 e. The number of hydrogen-bond donors (Lipinski definition) is 0. The molecule has 0 N–H and O–H groups in total. The van der Waals surface area contributed by atoms with E-state index in [1.54, 1.807) is 36.4 Å². The van der Waals surface area contributed by atoms with Gasteiger partial charge in [-0.1, -0.05) is 18.2 Å². The van der Waals surface area contributed by atoms with Gasteiger partial charge in [-0.05, 0) is 31.2 Å². The molecule has 0 aliphatic carbocycles. The average Bonchev–Trinajstić information content (AvgIpc) is 2.73. The van der Waals surface area contributed by atoms with E-state index in [0.29, 0.717) is 37.1 Å². The van der Waals surface area contributed by atoms with Gasteiger partial charge in [-0.2, -0.15) is 4.31 Å². The highest BCUT2D eigenvalue weighted by Gasteiger charge is 2.29. The summed E-state index contributed by atoms with van der Waals surface area (Å²) in [5, 5.41) is 11.9. The molecule has 4 rings (SSSR count). The van der Waals surface area contributed by atoms with E-state index in [-0.39, 0.29) is 10.6 Å². The van der Waals surface area contributed by atoms with Crippen molar-refractivity contribution < 1.29 is 13.3 Å². The largest absolute Gasteiger partial charge is 0.368 e. The fourth-order valence-corrected chi connectivity index (χ4v) is 5.05. The molecule has 0 spiro atoms. The maximum Gasteiger partial charge on any atom is 0.270 e. The number of rotatable bonds is 4. The Balaban J connectivity index is 1.62. The van der Waals surface area contributed by atoms with Crippen molar-refractivity contribution in [3.8, 4) is 0 Å². The van der Waals surface area contributed by atoms with Crippen LogP contribution in [0.5, 0.6) is 0 Å².